The quantitative estimate of drug-likeness (QED) is 0.729. The van der Waals surface area contributed by atoms with E-state index in [9.17, 15) is 13.2 Å². The van der Waals surface area contributed by atoms with Crippen LogP contribution in [0.3, 0.4) is 0 Å². The minimum Gasteiger partial charge on any atom is -0.496 e. The van der Waals surface area contributed by atoms with Crippen LogP contribution in [0.2, 0.25) is 10.0 Å². The number of amides is 1. The maximum absolute atomic E-state index is 12.6. The molecule has 9 heteroatoms. The molecule has 2 aromatic rings. The number of nitrogens with zero attached hydrogens (tertiary/aromatic N) is 1. The Kier molecular flexibility index (Phi) is 6.97. The van der Waals surface area contributed by atoms with Crippen molar-refractivity contribution < 1.29 is 17.9 Å². The summed E-state index contributed by atoms with van der Waals surface area (Å²) in [6.45, 7) is 1.70. The minimum atomic E-state index is -3.74. The van der Waals surface area contributed by atoms with E-state index in [-0.39, 0.29) is 17.3 Å². The summed E-state index contributed by atoms with van der Waals surface area (Å²) in [5, 5.41) is 3.23. The zero-order valence-electron chi connectivity index (χ0n) is 15.1. The van der Waals surface area contributed by atoms with Crippen molar-refractivity contribution in [2.24, 2.45) is 0 Å². The zero-order chi connectivity index (χ0) is 20.2. The molecule has 0 heterocycles. The molecule has 27 heavy (non-hydrogen) atoms. The molecule has 1 atom stereocenters. The fraction of sp³-hybridized carbons (Fsp3) is 0.278. The first-order chi connectivity index (χ1) is 12.6. The molecule has 146 valence electrons. The molecule has 0 unspecified atom stereocenters. The lowest BCUT2D eigenvalue weighted by atomic mass is 10.2. The van der Waals surface area contributed by atoms with E-state index in [0.717, 1.165) is 16.1 Å². The first-order valence-corrected chi connectivity index (χ1v) is 10.6. The average Bonchev–Trinajstić information content (AvgIpc) is 2.61. The van der Waals surface area contributed by atoms with Gasteiger partial charge in [-0.15, -0.1) is 0 Å². The Balaban J connectivity index is 2.23. The molecule has 0 aromatic heterocycles. The molecule has 0 fully saturated rings. The van der Waals surface area contributed by atoms with Gasteiger partial charge in [0.05, 0.1) is 29.1 Å². The van der Waals surface area contributed by atoms with Gasteiger partial charge in [-0.2, -0.15) is 0 Å². The lowest BCUT2D eigenvalue weighted by Crippen LogP contribution is -2.47. The summed E-state index contributed by atoms with van der Waals surface area (Å²) in [5.41, 5.74) is 1.04. The van der Waals surface area contributed by atoms with E-state index in [1.165, 1.54) is 25.1 Å². The fourth-order valence-electron chi connectivity index (χ4n) is 2.61. The highest BCUT2D eigenvalue weighted by Crippen LogP contribution is 2.29. The van der Waals surface area contributed by atoms with Crippen molar-refractivity contribution in [2.45, 2.75) is 19.5 Å². The molecule has 0 aliphatic carbocycles. The van der Waals surface area contributed by atoms with E-state index in [1.54, 1.807) is 13.2 Å². The molecule has 0 saturated carbocycles. The number of methoxy groups -OCH3 is 1. The van der Waals surface area contributed by atoms with Crippen LogP contribution in [0.1, 0.15) is 12.5 Å². The summed E-state index contributed by atoms with van der Waals surface area (Å²) in [7, 11) is -2.20. The number of para-hydroxylation sites is 1. The maximum Gasteiger partial charge on any atom is 0.243 e. The topological polar surface area (TPSA) is 75.7 Å². The van der Waals surface area contributed by atoms with Crippen LogP contribution in [0.5, 0.6) is 5.75 Å². The van der Waals surface area contributed by atoms with Gasteiger partial charge in [0, 0.05) is 12.1 Å². The van der Waals surface area contributed by atoms with Crippen LogP contribution in [-0.4, -0.2) is 33.7 Å². The van der Waals surface area contributed by atoms with Crippen molar-refractivity contribution in [1.82, 2.24) is 5.32 Å². The normalized spacial score (nSPS) is 12.3. The highest BCUT2D eigenvalue weighted by molar-refractivity contribution is 7.92. The minimum absolute atomic E-state index is 0.199. The molecular weight excluding hydrogens is 411 g/mol. The van der Waals surface area contributed by atoms with Crippen LogP contribution < -0.4 is 14.4 Å². The summed E-state index contributed by atoms with van der Waals surface area (Å²) < 4.78 is 30.9. The summed E-state index contributed by atoms with van der Waals surface area (Å²) in [5.74, 6) is 0.173. The van der Waals surface area contributed by atoms with Gasteiger partial charge < -0.3 is 10.1 Å². The van der Waals surface area contributed by atoms with Gasteiger partial charge in [-0.25, -0.2) is 8.42 Å². The Morgan fingerprint density at radius 2 is 1.85 bits per heavy atom. The number of halogens is 2. The van der Waals surface area contributed by atoms with E-state index in [1.807, 2.05) is 18.2 Å². The van der Waals surface area contributed by atoms with Gasteiger partial charge in [-0.1, -0.05) is 41.4 Å². The van der Waals surface area contributed by atoms with Crippen LogP contribution in [0, 0.1) is 0 Å². The van der Waals surface area contributed by atoms with Crippen LogP contribution in [0.4, 0.5) is 5.69 Å². The van der Waals surface area contributed by atoms with Gasteiger partial charge in [0.2, 0.25) is 15.9 Å². The average molecular weight is 431 g/mol. The lowest BCUT2D eigenvalue weighted by molar-refractivity contribution is -0.122. The second kappa shape index (κ2) is 8.82. The highest BCUT2D eigenvalue weighted by atomic mass is 35.5. The number of carbonyl (C=O) groups excluding carboxylic acids is 1. The van der Waals surface area contributed by atoms with Crippen LogP contribution in [0.15, 0.2) is 42.5 Å². The highest BCUT2D eigenvalue weighted by Gasteiger charge is 2.29. The van der Waals surface area contributed by atoms with Crippen LogP contribution in [0.25, 0.3) is 0 Å². The molecule has 0 radical (unpaired) electrons. The first kappa shape index (κ1) is 21.3. The molecule has 0 bridgehead atoms. The largest absolute Gasteiger partial charge is 0.496 e. The van der Waals surface area contributed by atoms with Crippen molar-refractivity contribution in [3.8, 4) is 5.75 Å². The molecule has 1 N–H and O–H groups in total. The standard InChI is InChI=1S/C18H20Cl2N2O4S/c1-12(18(23)21-11-13-6-4-5-7-17(13)26-2)22(27(3,24)25)14-8-9-15(19)16(20)10-14/h4-10,12H,11H2,1-3H3,(H,21,23)/t12-/m1/s1. The third-order valence-electron chi connectivity index (χ3n) is 3.89. The number of hydrogen-bond donors (Lipinski definition) is 1. The fourth-order valence-corrected chi connectivity index (χ4v) is 4.07. The molecule has 6 nitrogen and oxygen atoms in total. The van der Waals surface area contributed by atoms with Crippen LogP contribution >= 0.6 is 23.2 Å². The molecule has 0 aliphatic rings. The van der Waals surface area contributed by atoms with Crippen LogP contribution in [-0.2, 0) is 21.4 Å². The third kappa shape index (κ3) is 5.28. The monoisotopic (exact) mass is 430 g/mol. The van der Waals surface area contributed by atoms with Crippen molar-refractivity contribution >= 4 is 44.8 Å². The molecule has 1 amide bonds. The number of hydrogen-bond acceptors (Lipinski definition) is 4. The molecule has 0 aliphatic heterocycles. The molecule has 2 rings (SSSR count). The van der Waals surface area contributed by atoms with Crippen molar-refractivity contribution in [2.75, 3.05) is 17.7 Å². The second-order valence-corrected chi connectivity index (χ2v) is 8.54. The summed E-state index contributed by atoms with van der Waals surface area (Å²) in [6.07, 6.45) is 1.03. The lowest BCUT2D eigenvalue weighted by Gasteiger charge is -2.28. The molecule has 0 saturated heterocycles. The van der Waals surface area contributed by atoms with Gasteiger partial charge in [0.25, 0.3) is 0 Å². The summed E-state index contributed by atoms with van der Waals surface area (Å²) in [4.78, 5) is 12.6. The smallest absolute Gasteiger partial charge is 0.243 e. The molecule has 2 aromatic carbocycles. The van der Waals surface area contributed by atoms with Gasteiger partial charge in [-0.3, -0.25) is 9.10 Å². The number of benzene rings is 2. The Morgan fingerprint density at radius 1 is 1.19 bits per heavy atom. The van der Waals surface area contributed by atoms with E-state index in [4.69, 9.17) is 27.9 Å². The van der Waals surface area contributed by atoms with Gasteiger partial charge in [0.15, 0.2) is 0 Å². The number of anilines is 1. The number of rotatable bonds is 7. The van der Waals surface area contributed by atoms with E-state index in [2.05, 4.69) is 5.32 Å². The Bertz CT molecular complexity index is 935. The molecular formula is C18H20Cl2N2O4S. The van der Waals surface area contributed by atoms with E-state index in [0.29, 0.717) is 10.8 Å². The Morgan fingerprint density at radius 3 is 2.44 bits per heavy atom. The third-order valence-corrected chi connectivity index (χ3v) is 5.87. The first-order valence-electron chi connectivity index (χ1n) is 7.99. The second-order valence-electron chi connectivity index (χ2n) is 5.86. The van der Waals surface area contributed by atoms with E-state index < -0.39 is 22.0 Å². The number of ether oxygens (including phenoxy) is 1. The Hall–Kier alpha value is -1.96. The number of carbonyl (C=O) groups is 1. The maximum atomic E-state index is 12.6. The van der Waals surface area contributed by atoms with Gasteiger partial charge >= 0.3 is 0 Å². The molecule has 0 spiro atoms. The van der Waals surface area contributed by atoms with Crippen molar-refractivity contribution in [3.63, 3.8) is 0 Å². The van der Waals surface area contributed by atoms with Crippen molar-refractivity contribution in [3.05, 3.63) is 58.1 Å². The summed E-state index contributed by atoms with van der Waals surface area (Å²) in [6, 6.07) is 10.6. The summed E-state index contributed by atoms with van der Waals surface area (Å²) >= 11 is 11.9. The van der Waals surface area contributed by atoms with Crippen molar-refractivity contribution in [1.29, 1.82) is 0 Å². The number of nitrogens with one attached hydrogen (secondary N) is 1. The van der Waals surface area contributed by atoms with E-state index >= 15 is 0 Å². The number of sulfonamides is 1. The predicted molar refractivity (Wildman–Crippen MR) is 108 cm³/mol. The van der Waals surface area contributed by atoms with Gasteiger partial charge in [-0.05, 0) is 31.2 Å². The van der Waals surface area contributed by atoms with Gasteiger partial charge in [0.1, 0.15) is 11.8 Å². The zero-order valence-corrected chi connectivity index (χ0v) is 17.4. The Labute approximate surface area is 169 Å². The predicted octanol–water partition coefficient (Wildman–Crippen LogP) is 3.47. The SMILES string of the molecule is COc1ccccc1CNC(=O)[C@@H](C)N(c1ccc(Cl)c(Cl)c1)S(C)(=O)=O.